The van der Waals surface area contributed by atoms with E-state index in [1.807, 2.05) is 55.7 Å². The zero-order chi connectivity index (χ0) is 22.4. The highest BCUT2D eigenvalue weighted by Gasteiger charge is 2.24. The zero-order valence-corrected chi connectivity index (χ0v) is 18.0. The van der Waals surface area contributed by atoms with Crippen LogP contribution in [0, 0.1) is 13.8 Å². The summed E-state index contributed by atoms with van der Waals surface area (Å²) in [6, 6.07) is 14.0. The van der Waals surface area contributed by atoms with Crippen molar-refractivity contribution >= 4 is 22.4 Å². The van der Waals surface area contributed by atoms with Crippen LogP contribution in [0.25, 0.3) is 16.5 Å². The summed E-state index contributed by atoms with van der Waals surface area (Å²) in [4.78, 5) is 26.3. The minimum absolute atomic E-state index is 0.173. The van der Waals surface area contributed by atoms with Gasteiger partial charge in [-0.3, -0.25) is 9.59 Å². The quantitative estimate of drug-likeness (QED) is 0.533. The maximum Gasteiger partial charge on any atom is 0.281 e. The van der Waals surface area contributed by atoms with Gasteiger partial charge in [0.25, 0.3) is 5.56 Å². The molecule has 3 heterocycles. The van der Waals surface area contributed by atoms with Crippen LogP contribution in [0.15, 0.2) is 59.5 Å². The van der Waals surface area contributed by atoms with E-state index in [2.05, 4.69) is 10.4 Å². The minimum Gasteiger partial charge on any atom is -0.454 e. The first-order valence-electron chi connectivity index (χ1n) is 10.3. The summed E-state index contributed by atoms with van der Waals surface area (Å²) in [5.41, 5.74) is 2.64. The van der Waals surface area contributed by atoms with Crippen LogP contribution < -0.4 is 20.3 Å². The molecule has 32 heavy (non-hydrogen) atoms. The van der Waals surface area contributed by atoms with E-state index in [4.69, 9.17) is 9.47 Å². The fraction of sp³-hybridized carbons (Fsp3) is 0.208. The second-order valence-electron chi connectivity index (χ2n) is 7.76. The van der Waals surface area contributed by atoms with Crippen LogP contribution in [-0.2, 0) is 4.79 Å². The molecule has 2 aromatic carbocycles. The van der Waals surface area contributed by atoms with Crippen LogP contribution >= 0.6 is 0 Å². The molecule has 1 aliphatic rings. The first kappa shape index (κ1) is 19.9. The molecular weight excluding hydrogens is 408 g/mol. The lowest BCUT2D eigenvalue weighted by Crippen LogP contribution is -2.25. The molecule has 1 aliphatic heterocycles. The maximum absolute atomic E-state index is 13.3. The number of nitrogens with one attached hydrogen (secondary N) is 1. The number of aromatic nitrogens is 3. The average Bonchev–Trinajstić information content (AvgIpc) is 3.36. The molecule has 0 spiro atoms. The number of benzene rings is 2. The fourth-order valence-electron chi connectivity index (χ4n) is 4.25. The number of carbonyl (C=O) groups is 1. The van der Waals surface area contributed by atoms with E-state index in [9.17, 15) is 9.59 Å². The Labute approximate surface area is 184 Å². The lowest BCUT2D eigenvalue weighted by atomic mass is 10.2. The van der Waals surface area contributed by atoms with Gasteiger partial charge in [0.15, 0.2) is 11.5 Å². The van der Waals surface area contributed by atoms with Crippen LogP contribution in [0.4, 0.5) is 5.69 Å². The van der Waals surface area contributed by atoms with Gasteiger partial charge in [-0.2, -0.15) is 9.78 Å². The van der Waals surface area contributed by atoms with Crippen LogP contribution in [0.2, 0.25) is 0 Å². The number of para-hydroxylation sites is 1. The maximum atomic E-state index is 13.3. The number of carbonyl (C=O) groups excluding carboxylic acids is 1. The molecule has 0 aliphatic carbocycles. The molecule has 8 nitrogen and oxygen atoms in total. The Morgan fingerprint density at radius 1 is 1.06 bits per heavy atom. The molecule has 0 radical (unpaired) electrons. The van der Waals surface area contributed by atoms with Gasteiger partial charge >= 0.3 is 0 Å². The van der Waals surface area contributed by atoms with Gasteiger partial charge in [-0.1, -0.05) is 18.2 Å². The topological polar surface area (TPSA) is 87.4 Å². The lowest BCUT2D eigenvalue weighted by molar-refractivity contribution is -0.118. The van der Waals surface area contributed by atoms with Gasteiger partial charge in [0.1, 0.15) is 6.04 Å². The van der Waals surface area contributed by atoms with E-state index < -0.39 is 6.04 Å². The van der Waals surface area contributed by atoms with Crippen molar-refractivity contribution in [3.05, 3.63) is 76.5 Å². The second kappa shape index (κ2) is 7.56. The lowest BCUT2D eigenvalue weighted by Gasteiger charge is -2.18. The molecule has 1 unspecified atom stereocenters. The summed E-state index contributed by atoms with van der Waals surface area (Å²) in [7, 11) is 0. The van der Waals surface area contributed by atoms with Crippen molar-refractivity contribution in [2.45, 2.75) is 26.8 Å². The third kappa shape index (κ3) is 3.11. The van der Waals surface area contributed by atoms with Crippen LogP contribution in [0.1, 0.15) is 24.4 Å². The Balaban J connectivity index is 1.51. The van der Waals surface area contributed by atoms with Gasteiger partial charge in [0.2, 0.25) is 12.7 Å². The van der Waals surface area contributed by atoms with Gasteiger partial charge in [0.05, 0.1) is 17.3 Å². The smallest absolute Gasteiger partial charge is 0.281 e. The second-order valence-corrected chi connectivity index (χ2v) is 7.76. The number of hydrogen-bond acceptors (Lipinski definition) is 5. The van der Waals surface area contributed by atoms with Crippen molar-refractivity contribution in [1.82, 2.24) is 14.3 Å². The highest BCUT2D eigenvalue weighted by molar-refractivity contribution is 5.95. The highest BCUT2D eigenvalue weighted by atomic mass is 16.7. The van der Waals surface area contributed by atoms with E-state index in [1.54, 1.807) is 24.4 Å². The van der Waals surface area contributed by atoms with E-state index in [1.165, 1.54) is 4.68 Å². The van der Waals surface area contributed by atoms with Crippen molar-refractivity contribution in [3.8, 4) is 17.2 Å². The van der Waals surface area contributed by atoms with Gasteiger partial charge in [-0.25, -0.2) is 0 Å². The molecular formula is C24H22N4O4. The van der Waals surface area contributed by atoms with Crippen molar-refractivity contribution in [1.29, 1.82) is 0 Å². The Bertz CT molecular complexity index is 1410. The number of hydrogen-bond donors (Lipinski definition) is 1. The standard InChI is InChI=1S/C24H22N4O4/c1-14-19-12-25-28(18-7-5-4-6-8-18)24(30)22(19)15(2)27(14)16(3)23(29)26-17-9-10-20-21(11-17)32-13-31-20/h4-12,16H,13H2,1-3H3,(H,26,29). The molecule has 162 valence electrons. The summed E-state index contributed by atoms with van der Waals surface area (Å²) in [5, 5.41) is 8.59. The Kier molecular flexibility index (Phi) is 4.70. The fourth-order valence-corrected chi connectivity index (χ4v) is 4.25. The van der Waals surface area contributed by atoms with Crippen molar-refractivity contribution in [2.24, 2.45) is 0 Å². The van der Waals surface area contributed by atoms with E-state index >= 15 is 0 Å². The molecule has 0 fully saturated rings. The largest absolute Gasteiger partial charge is 0.454 e. The number of ether oxygens (including phenoxy) is 2. The summed E-state index contributed by atoms with van der Waals surface area (Å²) >= 11 is 0. The molecule has 1 N–H and O–H groups in total. The molecule has 2 aromatic heterocycles. The van der Waals surface area contributed by atoms with Gasteiger partial charge in [-0.05, 0) is 45.0 Å². The molecule has 8 heteroatoms. The molecule has 0 saturated heterocycles. The molecule has 4 aromatic rings. The average molecular weight is 430 g/mol. The number of amides is 1. The first-order valence-corrected chi connectivity index (χ1v) is 10.3. The monoisotopic (exact) mass is 430 g/mol. The number of nitrogens with zero attached hydrogens (tertiary/aromatic N) is 3. The van der Waals surface area contributed by atoms with Crippen molar-refractivity contribution < 1.29 is 14.3 Å². The predicted octanol–water partition coefficient (Wildman–Crippen LogP) is 3.73. The SMILES string of the molecule is Cc1c2cnn(-c3ccccc3)c(=O)c2c(C)n1C(C)C(=O)Nc1ccc2c(c1)OCO2. The van der Waals surface area contributed by atoms with Crippen LogP contribution in [0.5, 0.6) is 11.5 Å². The summed E-state index contributed by atoms with van der Waals surface area (Å²) < 4.78 is 14.0. The minimum atomic E-state index is -0.544. The zero-order valence-electron chi connectivity index (χ0n) is 18.0. The van der Waals surface area contributed by atoms with Crippen molar-refractivity contribution in [2.75, 3.05) is 12.1 Å². The molecule has 0 bridgehead atoms. The number of anilines is 1. The Morgan fingerprint density at radius 2 is 1.81 bits per heavy atom. The van der Waals surface area contributed by atoms with Crippen molar-refractivity contribution in [3.63, 3.8) is 0 Å². The summed E-state index contributed by atoms with van der Waals surface area (Å²) in [6.45, 7) is 5.74. The van der Waals surface area contributed by atoms with E-state index in [0.29, 0.717) is 28.3 Å². The third-order valence-electron chi connectivity index (χ3n) is 5.86. The van der Waals surface area contributed by atoms with E-state index in [0.717, 1.165) is 16.8 Å². The van der Waals surface area contributed by atoms with Crippen LogP contribution in [-0.4, -0.2) is 27.0 Å². The summed E-state index contributed by atoms with van der Waals surface area (Å²) in [5.74, 6) is 1.05. The number of rotatable bonds is 4. The van der Waals surface area contributed by atoms with Gasteiger partial charge in [0, 0.05) is 28.5 Å². The number of fused-ring (bicyclic) bond motifs is 2. The molecule has 5 rings (SSSR count). The number of aryl methyl sites for hydroxylation is 2. The summed E-state index contributed by atoms with van der Waals surface area (Å²) in [6.07, 6.45) is 1.69. The molecule has 1 amide bonds. The van der Waals surface area contributed by atoms with Gasteiger partial charge < -0.3 is 19.4 Å². The van der Waals surface area contributed by atoms with Gasteiger partial charge in [-0.15, -0.1) is 0 Å². The van der Waals surface area contributed by atoms with E-state index in [-0.39, 0.29) is 18.3 Å². The van der Waals surface area contributed by atoms with Crippen LogP contribution in [0.3, 0.4) is 0 Å². The Morgan fingerprint density at radius 3 is 2.59 bits per heavy atom. The first-order chi connectivity index (χ1) is 15.5. The molecule has 0 saturated carbocycles. The molecule has 1 atom stereocenters. The normalized spacial score (nSPS) is 13.3. The Hall–Kier alpha value is -4.07. The third-order valence-corrected chi connectivity index (χ3v) is 5.86. The predicted molar refractivity (Wildman–Crippen MR) is 121 cm³/mol. The highest BCUT2D eigenvalue weighted by Crippen LogP contribution is 2.34.